The van der Waals surface area contributed by atoms with Crippen LogP contribution in [0.1, 0.15) is 18.4 Å². The zero-order valence-corrected chi connectivity index (χ0v) is 12.3. The first-order valence-corrected chi connectivity index (χ1v) is 8.48. The van der Waals surface area contributed by atoms with Crippen LogP contribution in [-0.4, -0.2) is 40.1 Å². The summed E-state index contributed by atoms with van der Waals surface area (Å²) in [5, 5.41) is 0. The molecule has 1 aliphatic heterocycles. The maximum Gasteiger partial charge on any atom is 0.180 e. The topological polar surface area (TPSA) is 78.6 Å². The van der Waals surface area contributed by atoms with E-state index in [9.17, 15) is 8.42 Å². The average Bonchev–Trinajstić information content (AvgIpc) is 2.48. The first kappa shape index (κ1) is 15.4. The summed E-state index contributed by atoms with van der Waals surface area (Å²) >= 11 is 0. The van der Waals surface area contributed by atoms with Crippen LogP contribution in [0.3, 0.4) is 0 Å². The second kappa shape index (κ2) is 7.17. The second-order valence-electron chi connectivity index (χ2n) is 4.85. The average molecular weight is 299 g/mol. The van der Waals surface area contributed by atoms with Crippen molar-refractivity contribution in [1.29, 1.82) is 0 Å². The fourth-order valence-electron chi connectivity index (χ4n) is 2.12. The smallest absolute Gasteiger partial charge is 0.180 e. The molecule has 1 aliphatic rings. The van der Waals surface area contributed by atoms with Crippen molar-refractivity contribution in [3.05, 3.63) is 29.8 Å². The summed E-state index contributed by atoms with van der Waals surface area (Å²) in [6.07, 6.45) is 1.80. The Hall–Kier alpha value is -0.950. The molecule has 1 aromatic rings. The van der Waals surface area contributed by atoms with E-state index < -0.39 is 9.84 Å². The van der Waals surface area contributed by atoms with E-state index in [4.69, 9.17) is 15.2 Å². The largest absolute Gasteiger partial charge is 0.381 e. The van der Waals surface area contributed by atoms with Crippen LogP contribution in [0, 0.1) is 0 Å². The number of hydrogen-bond acceptors (Lipinski definition) is 5. The molecule has 0 amide bonds. The number of ether oxygens (including phenoxy) is 2. The van der Waals surface area contributed by atoms with E-state index >= 15 is 0 Å². The Kier molecular flexibility index (Phi) is 5.54. The van der Waals surface area contributed by atoms with Gasteiger partial charge in [-0.05, 0) is 30.5 Å². The van der Waals surface area contributed by atoms with Crippen molar-refractivity contribution in [2.75, 3.05) is 25.6 Å². The number of nitrogens with two attached hydrogens (primary N) is 1. The van der Waals surface area contributed by atoms with Crippen molar-refractivity contribution in [2.24, 2.45) is 5.73 Å². The van der Waals surface area contributed by atoms with E-state index in [0.29, 0.717) is 24.7 Å². The highest BCUT2D eigenvalue weighted by atomic mass is 32.2. The fourth-order valence-corrected chi connectivity index (χ4v) is 3.22. The summed E-state index contributed by atoms with van der Waals surface area (Å²) in [6.45, 7) is 2.02. The van der Waals surface area contributed by atoms with Crippen LogP contribution in [0.25, 0.3) is 0 Å². The van der Waals surface area contributed by atoms with E-state index in [0.717, 1.165) is 18.4 Å². The summed E-state index contributed by atoms with van der Waals surface area (Å²) in [5.74, 6) is 0.00628. The molecule has 0 unspecified atom stereocenters. The van der Waals surface area contributed by atoms with Crippen molar-refractivity contribution in [2.45, 2.75) is 30.4 Å². The van der Waals surface area contributed by atoms with Crippen molar-refractivity contribution >= 4 is 9.84 Å². The third kappa shape index (κ3) is 4.28. The minimum atomic E-state index is -3.28. The van der Waals surface area contributed by atoms with Gasteiger partial charge in [-0.3, -0.25) is 0 Å². The van der Waals surface area contributed by atoms with Crippen LogP contribution in [0.4, 0.5) is 0 Å². The number of benzene rings is 1. The SMILES string of the molecule is NCc1ccc(S(=O)(=O)CCOC2CCOCC2)cc1. The van der Waals surface area contributed by atoms with Gasteiger partial charge in [0.1, 0.15) is 0 Å². The van der Waals surface area contributed by atoms with Gasteiger partial charge < -0.3 is 15.2 Å². The molecule has 5 nitrogen and oxygen atoms in total. The molecule has 1 fully saturated rings. The van der Waals surface area contributed by atoms with Gasteiger partial charge in [-0.15, -0.1) is 0 Å². The third-order valence-electron chi connectivity index (χ3n) is 3.39. The number of rotatable bonds is 6. The molecular formula is C14H21NO4S. The van der Waals surface area contributed by atoms with Gasteiger partial charge in [0, 0.05) is 19.8 Å². The Bertz CT molecular complexity index is 506. The highest BCUT2D eigenvalue weighted by Crippen LogP contribution is 2.14. The quantitative estimate of drug-likeness (QED) is 0.851. The molecule has 2 rings (SSSR count). The van der Waals surface area contributed by atoms with Gasteiger partial charge in [0.25, 0.3) is 0 Å². The van der Waals surface area contributed by atoms with E-state index in [1.54, 1.807) is 24.3 Å². The van der Waals surface area contributed by atoms with Gasteiger partial charge in [0.2, 0.25) is 0 Å². The monoisotopic (exact) mass is 299 g/mol. The lowest BCUT2D eigenvalue weighted by Crippen LogP contribution is -2.25. The number of hydrogen-bond donors (Lipinski definition) is 1. The summed E-state index contributed by atoms with van der Waals surface area (Å²) in [7, 11) is -3.28. The van der Waals surface area contributed by atoms with Crippen molar-refractivity contribution in [3.8, 4) is 0 Å². The highest BCUT2D eigenvalue weighted by Gasteiger charge is 2.18. The van der Waals surface area contributed by atoms with Gasteiger partial charge in [-0.1, -0.05) is 12.1 Å². The van der Waals surface area contributed by atoms with Gasteiger partial charge in [-0.2, -0.15) is 0 Å². The standard InChI is InChI=1S/C14H21NO4S/c15-11-12-1-3-14(4-2-12)20(16,17)10-9-19-13-5-7-18-8-6-13/h1-4,13H,5-11,15H2. The molecule has 0 aliphatic carbocycles. The molecule has 0 radical (unpaired) electrons. The molecule has 0 aromatic heterocycles. The maximum atomic E-state index is 12.1. The Morgan fingerprint density at radius 3 is 2.45 bits per heavy atom. The second-order valence-corrected chi connectivity index (χ2v) is 6.96. The zero-order valence-electron chi connectivity index (χ0n) is 11.5. The molecule has 0 atom stereocenters. The number of sulfone groups is 1. The van der Waals surface area contributed by atoms with Gasteiger partial charge in [0.15, 0.2) is 9.84 Å². The van der Waals surface area contributed by atoms with E-state index in [-0.39, 0.29) is 18.5 Å². The molecule has 112 valence electrons. The highest BCUT2D eigenvalue weighted by molar-refractivity contribution is 7.91. The molecule has 1 saturated heterocycles. The van der Waals surface area contributed by atoms with Crippen molar-refractivity contribution in [3.63, 3.8) is 0 Å². The lowest BCUT2D eigenvalue weighted by molar-refractivity contribution is -0.0266. The predicted molar refractivity (Wildman–Crippen MR) is 76.2 cm³/mol. The van der Waals surface area contributed by atoms with Crippen LogP contribution >= 0.6 is 0 Å². The van der Waals surface area contributed by atoms with Gasteiger partial charge >= 0.3 is 0 Å². The molecule has 6 heteroatoms. The van der Waals surface area contributed by atoms with Crippen LogP contribution in [-0.2, 0) is 25.9 Å². The molecule has 0 spiro atoms. The van der Waals surface area contributed by atoms with E-state index in [1.165, 1.54) is 0 Å². The minimum absolute atomic E-state index is 0.00628. The Balaban J connectivity index is 1.86. The van der Waals surface area contributed by atoms with Crippen LogP contribution in [0.15, 0.2) is 29.2 Å². The lowest BCUT2D eigenvalue weighted by Gasteiger charge is -2.22. The fraction of sp³-hybridized carbons (Fsp3) is 0.571. The lowest BCUT2D eigenvalue weighted by atomic mass is 10.2. The predicted octanol–water partition coefficient (Wildman–Crippen LogP) is 1.11. The summed E-state index contributed by atoms with van der Waals surface area (Å²) < 4.78 is 35.1. The maximum absolute atomic E-state index is 12.1. The molecule has 1 heterocycles. The normalized spacial score (nSPS) is 17.2. The van der Waals surface area contributed by atoms with Gasteiger partial charge in [-0.25, -0.2) is 8.42 Å². The first-order chi connectivity index (χ1) is 9.62. The van der Waals surface area contributed by atoms with E-state index in [1.807, 2.05) is 0 Å². The minimum Gasteiger partial charge on any atom is -0.381 e. The molecule has 0 saturated carbocycles. The molecular weight excluding hydrogens is 278 g/mol. The van der Waals surface area contributed by atoms with Gasteiger partial charge in [0.05, 0.1) is 23.4 Å². The summed E-state index contributed by atoms with van der Waals surface area (Å²) in [5.41, 5.74) is 6.41. The molecule has 2 N–H and O–H groups in total. The summed E-state index contributed by atoms with van der Waals surface area (Å²) in [4.78, 5) is 0.324. The van der Waals surface area contributed by atoms with E-state index in [2.05, 4.69) is 0 Å². The third-order valence-corrected chi connectivity index (χ3v) is 5.09. The molecule has 1 aromatic carbocycles. The van der Waals surface area contributed by atoms with Crippen molar-refractivity contribution in [1.82, 2.24) is 0 Å². The molecule has 0 bridgehead atoms. The van der Waals surface area contributed by atoms with Crippen LogP contribution < -0.4 is 5.73 Å². The van der Waals surface area contributed by atoms with Crippen molar-refractivity contribution < 1.29 is 17.9 Å². The first-order valence-electron chi connectivity index (χ1n) is 6.83. The Labute approximate surface area is 120 Å². The van der Waals surface area contributed by atoms with Crippen LogP contribution in [0.2, 0.25) is 0 Å². The Morgan fingerprint density at radius 2 is 1.85 bits per heavy atom. The van der Waals surface area contributed by atoms with Crippen LogP contribution in [0.5, 0.6) is 0 Å². The Morgan fingerprint density at radius 1 is 1.20 bits per heavy atom. The summed E-state index contributed by atoms with van der Waals surface area (Å²) in [6, 6.07) is 6.69. The zero-order chi connectivity index (χ0) is 14.4. The molecule has 20 heavy (non-hydrogen) atoms.